The Morgan fingerprint density at radius 3 is 2.00 bits per heavy atom. The van der Waals surface area contributed by atoms with Gasteiger partial charge in [-0.25, -0.2) is 0 Å². The van der Waals surface area contributed by atoms with E-state index in [1.807, 2.05) is 72.8 Å². The summed E-state index contributed by atoms with van der Waals surface area (Å²) in [5.74, 6) is 0. The third-order valence-electron chi connectivity index (χ3n) is 4.75. The Hall–Kier alpha value is -2.51. The van der Waals surface area contributed by atoms with Crippen molar-refractivity contribution in [1.82, 2.24) is 8.77 Å². The molecule has 1 aliphatic heterocycles. The molecule has 1 fully saturated rings. The normalized spacial score (nSPS) is 17.0. The van der Waals surface area contributed by atoms with Gasteiger partial charge in [-0.2, -0.15) is 12.7 Å². The molecule has 0 N–H and O–H groups in total. The Morgan fingerprint density at radius 2 is 1.32 bits per heavy atom. The molecule has 0 radical (unpaired) electrons. The van der Waals surface area contributed by atoms with Crippen LogP contribution in [0.3, 0.4) is 0 Å². The Bertz CT molecular complexity index is 1010. The van der Waals surface area contributed by atoms with Crippen molar-refractivity contribution in [3.8, 4) is 11.1 Å². The largest absolute Gasteiger partial charge is 0.304 e. The summed E-state index contributed by atoms with van der Waals surface area (Å²) in [6.45, 7) is 1.32. The van der Waals surface area contributed by atoms with Gasteiger partial charge in [0.2, 0.25) is 0 Å². The van der Waals surface area contributed by atoms with E-state index >= 15 is 0 Å². The van der Waals surface area contributed by atoms with E-state index in [9.17, 15) is 8.42 Å². The van der Waals surface area contributed by atoms with Crippen LogP contribution in [0.1, 0.15) is 11.1 Å². The summed E-state index contributed by atoms with van der Waals surface area (Å²) in [5.41, 5.74) is 4.14. The second-order valence-corrected chi connectivity index (χ2v) is 8.51. The summed E-state index contributed by atoms with van der Waals surface area (Å²) in [6, 6.07) is 27.7. The maximum Gasteiger partial charge on any atom is 0.304 e. The quantitative estimate of drug-likeness (QED) is 0.638. The molecule has 0 saturated carbocycles. The molecule has 28 heavy (non-hydrogen) atoms. The first-order valence-electron chi connectivity index (χ1n) is 9.22. The Balaban J connectivity index is 1.40. The maximum absolute atomic E-state index is 12.7. The van der Waals surface area contributed by atoms with Crippen molar-refractivity contribution < 1.29 is 13.3 Å². The zero-order valence-electron chi connectivity index (χ0n) is 15.4. The topological polar surface area (TPSA) is 49.9 Å². The van der Waals surface area contributed by atoms with E-state index < -0.39 is 10.2 Å². The number of rotatable bonds is 6. The summed E-state index contributed by atoms with van der Waals surface area (Å²) < 4.78 is 28.0. The van der Waals surface area contributed by atoms with Gasteiger partial charge in [0.25, 0.3) is 0 Å². The molecular weight excluding hydrogens is 372 g/mol. The number of hydrogen-bond acceptors (Lipinski definition) is 3. The molecule has 3 aromatic carbocycles. The van der Waals surface area contributed by atoms with Crippen molar-refractivity contribution in [3.63, 3.8) is 0 Å². The minimum Gasteiger partial charge on any atom is -0.278 e. The number of hydroxylamine groups is 1. The molecule has 6 heteroatoms. The fourth-order valence-corrected chi connectivity index (χ4v) is 4.58. The van der Waals surface area contributed by atoms with Crippen LogP contribution < -0.4 is 0 Å². The van der Waals surface area contributed by atoms with Crippen molar-refractivity contribution in [2.75, 3.05) is 13.1 Å². The molecule has 144 valence electrons. The van der Waals surface area contributed by atoms with Crippen LogP contribution >= 0.6 is 0 Å². The third kappa shape index (κ3) is 4.15. The summed E-state index contributed by atoms with van der Waals surface area (Å²) in [6.07, 6.45) is 0. The highest BCUT2D eigenvalue weighted by molar-refractivity contribution is 7.86. The summed E-state index contributed by atoms with van der Waals surface area (Å²) in [5, 5.41) is 0. The molecule has 0 aliphatic carbocycles. The molecule has 0 unspecified atom stereocenters. The molecule has 0 bridgehead atoms. The Labute approximate surface area is 165 Å². The number of hydrogen-bond donors (Lipinski definition) is 0. The van der Waals surface area contributed by atoms with Gasteiger partial charge in [-0.3, -0.25) is 4.84 Å². The van der Waals surface area contributed by atoms with Gasteiger partial charge in [-0.15, -0.1) is 0 Å². The first kappa shape index (κ1) is 18.8. The molecule has 0 aromatic heterocycles. The van der Waals surface area contributed by atoms with Crippen LogP contribution in [-0.4, -0.2) is 30.3 Å². The highest BCUT2D eigenvalue weighted by Crippen LogP contribution is 2.23. The van der Waals surface area contributed by atoms with Gasteiger partial charge >= 0.3 is 10.2 Å². The molecule has 3 aromatic rings. The molecule has 4 rings (SSSR count). The lowest BCUT2D eigenvalue weighted by molar-refractivity contribution is -0.0879. The highest BCUT2D eigenvalue weighted by Gasteiger charge is 2.37. The van der Waals surface area contributed by atoms with Crippen LogP contribution in [0.2, 0.25) is 0 Å². The van der Waals surface area contributed by atoms with Gasteiger partial charge in [0.05, 0.1) is 13.2 Å². The van der Waals surface area contributed by atoms with Gasteiger partial charge in [0.15, 0.2) is 0 Å². The van der Waals surface area contributed by atoms with Crippen molar-refractivity contribution in [1.29, 1.82) is 0 Å². The molecule has 1 saturated heterocycles. The Morgan fingerprint density at radius 1 is 0.714 bits per heavy atom. The molecular formula is C22H22N2O3S. The third-order valence-corrected chi connectivity index (χ3v) is 6.52. The van der Waals surface area contributed by atoms with Crippen LogP contribution in [0.4, 0.5) is 0 Å². The zero-order valence-corrected chi connectivity index (χ0v) is 16.3. The summed E-state index contributed by atoms with van der Waals surface area (Å²) in [4.78, 5) is 5.55. The molecule has 1 heterocycles. The summed E-state index contributed by atoms with van der Waals surface area (Å²) in [7, 11) is -3.61. The standard InChI is InChI=1S/C22H22N2O3S/c25-28(26)23(15-16-24(28)27-18-20-7-3-1-4-8-20)17-19-11-13-22(14-12-19)21-9-5-2-6-10-21/h1-14H,15-18H2. The van der Waals surface area contributed by atoms with E-state index in [1.165, 1.54) is 4.31 Å². The fourth-order valence-electron chi connectivity index (χ4n) is 3.20. The van der Waals surface area contributed by atoms with E-state index in [-0.39, 0.29) is 6.61 Å². The predicted molar refractivity (Wildman–Crippen MR) is 109 cm³/mol. The van der Waals surface area contributed by atoms with Crippen molar-refractivity contribution in [2.24, 2.45) is 0 Å². The first-order chi connectivity index (χ1) is 13.6. The van der Waals surface area contributed by atoms with Crippen LogP contribution in [0, 0.1) is 0 Å². The van der Waals surface area contributed by atoms with Gasteiger partial charge < -0.3 is 0 Å². The molecule has 0 spiro atoms. The van der Waals surface area contributed by atoms with Crippen LogP contribution in [0.15, 0.2) is 84.9 Å². The van der Waals surface area contributed by atoms with E-state index in [0.29, 0.717) is 19.6 Å². The van der Waals surface area contributed by atoms with Gasteiger partial charge in [0, 0.05) is 13.1 Å². The molecule has 0 atom stereocenters. The van der Waals surface area contributed by atoms with Gasteiger partial charge in [-0.05, 0) is 22.3 Å². The lowest BCUT2D eigenvalue weighted by Gasteiger charge is -2.18. The molecule has 5 nitrogen and oxygen atoms in total. The lowest BCUT2D eigenvalue weighted by atomic mass is 10.0. The minimum absolute atomic E-state index is 0.236. The summed E-state index contributed by atoms with van der Waals surface area (Å²) >= 11 is 0. The molecule has 0 amide bonds. The molecule has 1 aliphatic rings. The highest BCUT2D eigenvalue weighted by atomic mass is 32.2. The van der Waals surface area contributed by atoms with E-state index in [1.54, 1.807) is 0 Å². The lowest BCUT2D eigenvalue weighted by Crippen LogP contribution is -2.32. The van der Waals surface area contributed by atoms with Gasteiger partial charge in [-0.1, -0.05) is 89.4 Å². The van der Waals surface area contributed by atoms with Crippen LogP contribution in [0.25, 0.3) is 11.1 Å². The van der Waals surface area contributed by atoms with E-state index in [2.05, 4.69) is 12.1 Å². The minimum atomic E-state index is -3.61. The fraction of sp³-hybridized carbons (Fsp3) is 0.182. The monoisotopic (exact) mass is 394 g/mol. The average molecular weight is 394 g/mol. The second kappa shape index (κ2) is 8.24. The van der Waals surface area contributed by atoms with Crippen LogP contribution in [0.5, 0.6) is 0 Å². The zero-order chi connectivity index (χ0) is 19.4. The van der Waals surface area contributed by atoms with Crippen molar-refractivity contribution >= 4 is 10.2 Å². The maximum atomic E-state index is 12.7. The average Bonchev–Trinajstić information content (AvgIpc) is 3.02. The Kier molecular flexibility index (Phi) is 5.54. The van der Waals surface area contributed by atoms with Gasteiger partial charge in [0.1, 0.15) is 0 Å². The number of benzene rings is 3. The SMILES string of the molecule is O=S1(=O)N(Cc2ccc(-c3ccccc3)cc2)CCN1OCc1ccccc1. The van der Waals surface area contributed by atoms with E-state index in [0.717, 1.165) is 26.7 Å². The van der Waals surface area contributed by atoms with Crippen molar-refractivity contribution in [3.05, 3.63) is 96.1 Å². The first-order valence-corrected chi connectivity index (χ1v) is 10.6. The van der Waals surface area contributed by atoms with E-state index in [4.69, 9.17) is 4.84 Å². The number of nitrogens with zero attached hydrogens (tertiary/aromatic N) is 2. The predicted octanol–water partition coefficient (Wildman–Crippen LogP) is 3.85. The smallest absolute Gasteiger partial charge is 0.278 e. The van der Waals surface area contributed by atoms with Crippen LogP contribution in [-0.2, 0) is 28.2 Å². The van der Waals surface area contributed by atoms with Crippen molar-refractivity contribution in [2.45, 2.75) is 13.2 Å². The second-order valence-electron chi connectivity index (χ2n) is 6.69.